The molecule has 2 aromatic carbocycles. The third-order valence-electron chi connectivity index (χ3n) is 3.66. The van der Waals surface area contributed by atoms with Gasteiger partial charge < -0.3 is 4.74 Å². The molecule has 140 valence electrons. The van der Waals surface area contributed by atoms with E-state index in [1.165, 1.54) is 12.3 Å². The molecule has 0 aliphatic heterocycles. The second kappa shape index (κ2) is 8.52. The number of amides is 1. The van der Waals surface area contributed by atoms with Crippen molar-refractivity contribution in [3.63, 3.8) is 0 Å². The summed E-state index contributed by atoms with van der Waals surface area (Å²) in [4.78, 5) is 32.3. The highest BCUT2D eigenvalue weighted by Crippen LogP contribution is 2.25. The summed E-state index contributed by atoms with van der Waals surface area (Å²) in [5, 5.41) is 25.6. The summed E-state index contributed by atoms with van der Waals surface area (Å²) >= 11 is 0. The molecule has 27 heavy (non-hydrogen) atoms. The van der Waals surface area contributed by atoms with Crippen LogP contribution in [0.15, 0.2) is 41.5 Å². The van der Waals surface area contributed by atoms with E-state index in [1.807, 2.05) is 13.0 Å². The van der Waals surface area contributed by atoms with Gasteiger partial charge in [0, 0.05) is 11.6 Å². The molecular formula is C17H16N4O6. The molecule has 0 aliphatic rings. The third-order valence-corrected chi connectivity index (χ3v) is 3.66. The molecule has 0 bridgehead atoms. The zero-order chi connectivity index (χ0) is 20.0. The molecule has 1 amide bonds. The quantitative estimate of drug-likeness (QED) is 0.450. The molecule has 0 unspecified atom stereocenters. The van der Waals surface area contributed by atoms with Gasteiger partial charge >= 0.3 is 0 Å². The van der Waals surface area contributed by atoms with E-state index in [0.717, 1.165) is 17.7 Å². The Morgan fingerprint density at radius 2 is 1.93 bits per heavy atom. The van der Waals surface area contributed by atoms with Crippen molar-refractivity contribution in [2.45, 2.75) is 13.3 Å². The Morgan fingerprint density at radius 1 is 1.19 bits per heavy atom. The molecule has 0 fully saturated rings. The van der Waals surface area contributed by atoms with Crippen LogP contribution in [0.4, 0.5) is 11.4 Å². The zero-order valence-corrected chi connectivity index (χ0v) is 14.5. The summed E-state index contributed by atoms with van der Waals surface area (Å²) in [6.07, 6.45) is 1.06. The van der Waals surface area contributed by atoms with E-state index in [1.54, 1.807) is 19.2 Å². The molecule has 0 aliphatic carbocycles. The van der Waals surface area contributed by atoms with Crippen LogP contribution in [-0.2, 0) is 11.2 Å². The van der Waals surface area contributed by atoms with Gasteiger partial charge in [0.05, 0.1) is 35.7 Å². The molecule has 0 spiro atoms. The minimum Gasteiger partial charge on any atom is -0.496 e. The highest BCUT2D eigenvalue weighted by atomic mass is 16.6. The van der Waals surface area contributed by atoms with Gasteiger partial charge in [-0.25, -0.2) is 5.43 Å². The highest BCUT2D eigenvalue weighted by Gasteiger charge is 2.20. The number of carbonyl (C=O) groups is 1. The number of carbonyl (C=O) groups excluding carboxylic acids is 1. The molecule has 0 saturated carbocycles. The Morgan fingerprint density at radius 3 is 2.56 bits per heavy atom. The van der Waals surface area contributed by atoms with Crippen LogP contribution in [0.25, 0.3) is 0 Å². The number of hydrazone groups is 1. The maximum Gasteiger partial charge on any atom is 0.279 e. The maximum atomic E-state index is 12.0. The van der Waals surface area contributed by atoms with Crippen LogP contribution in [0, 0.1) is 27.2 Å². The minimum absolute atomic E-state index is 0.0512. The van der Waals surface area contributed by atoms with Gasteiger partial charge in [0.2, 0.25) is 5.91 Å². The van der Waals surface area contributed by atoms with E-state index in [4.69, 9.17) is 4.74 Å². The topological polar surface area (TPSA) is 137 Å². The standard InChI is InChI=1S/C17H16N4O6/c1-11-3-4-12(7-16(11)27-2)10-18-19-17(22)8-13-5-6-14(20(23)24)9-15(13)21(25)26/h3-7,9-10H,8H2,1-2H3,(H,19,22)/b18-10+. The lowest BCUT2D eigenvalue weighted by molar-refractivity contribution is -0.394. The number of nitrogens with zero attached hydrogens (tertiary/aromatic N) is 3. The first-order valence-corrected chi connectivity index (χ1v) is 7.70. The van der Waals surface area contributed by atoms with Crippen molar-refractivity contribution in [3.05, 3.63) is 73.3 Å². The molecule has 0 aromatic heterocycles. The van der Waals surface area contributed by atoms with E-state index in [-0.39, 0.29) is 12.0 Å². The lowest BCUT2D eigenvalue weighted by Gasteiger charge is -2.05. The number of hydrogen-bond donors (Lipinski definition) is 1. The Bertz CT molecular complexity index is 926. The number of methoxy groups -OCH3 is 1. The molecule has 0 saturated heterocycles. The van der Waals surface area contributed by atoms with E-state index >= 15 is 0 Å². The Labute approximate surface area is 153 Å². The summed E-state index contributed by atoms with van der Waals surface area (Å²) in [7, 11) is 1.54. The van der Waals surface area contributed by atoms with Crippen LogP contribution in [0.1, 0.15) is 16.7 Å². The molecule has 2 aromatic rings. The first-order valence-electron chi connectivity index (χ1n) is 7.70. The number of nitro groups is 2. The number of aryl methyl sites for hydroxylation is 1. The van der Waals surface area contributed by atoms with Crippen molar-refractivity contribution in [2.24, 2.45) is 5.10 Å². The molecule has 2 rings (SSSR count). The average molecular weight is 372 g/mol. The van der Waals surface area contributed by atoms with Gasteiger partial charge in [-0.3, -0.25) is 25.0 Å². The van der Waals surface area contributed by atoms with Crippen LogP contribution in [0.2, 0.25) is 0 Å². The van der Waals surface area contributed by atoms with Crippen LogP contribution in [-0.4, -0.2) is 29.1 Å². The molecule has 0 atom stereocenters. The van der Waals surface area contributed by atoms with Crippen LogP contribution in [0.5, 0.6) is 5.75 Å². The number of rotatable bonds is 7. The predicted molar refractivity (Wildman–Crippen MR) is 96.9 cm³/mol. The van der Waals surface area contributed by atoms with Crippen LogP contribution >= 0.6 is 0 Å². The number of hydrogen-bond acceptors (Lipinski definition) is 7. The second-order valence-corrected chi connectivity index (χ2v) is 5.53. The number of nitro benzene ring substituents is 2. The van der Waals surface area contributed by atoms with Gasteiger partial charge in [0.1, 0.15) is 5.75 Å². The summed E-state index contributed by atoms with van der Waals surface area (Å²) in [5.74, 6) is 0.0778. The van der Waals surface area contributed by atoms with E-state index in [2.05, 4.69) is 10.5 Å². The van der Waals surface area contributed by atoms with Gasteiger partial charge in [-0.15, -0.1) is 0 Å². The van der Waals surface area contributed by atoms with E-state index < -0.39 is 27.1 Å². The lowest BCUT2D eigenvalue weighted by atomic mass is 10.1. The monoisotopic (exact) mass is 372 g/mol. The number of benzene rings is 2. The molecule has 10 nitrogen and oxygen atoms in total. The first kappa shape index (κ1) is 19.5. The van der Waals surface area contributed by atoms with Crippen molar-refractivity contribution in [1.82, 2.24) is 5.43 Å². The fourth-order valence-corrected chi connectivity index (χ4v) is 2.29. The van der Waals surface area contributed by atoms with E-state index in [9.17, 15) is 25.0 Å². The smallest absolute Gasteiger partial charge is 0.279 e. The molecule has 10 heteroatoms. The lowest BCUT2D eigenvalue weighted by Crippen LogP contribution is -2.20. The largest absolute Gasteiger partial charge is 0.496 e. The third kappa shape index (κ3) is 5.08. The van der Waals surface area contributed by atoms with Gasteiger partial charge in [-0.05, 0) is 30.2 Å². The second-order valence-electron chi connectivity index (χ2n) is 5.53. The first-order chi connectivity index (χ1) is 12.8. The normalized spacial score (nSPS) is 10.6. The average Bonchev–Trinajstić information content (AvgIpc) is 2.63. The fraction of sp³-hybridized carbons (Fsp3) is 0.176. The molecular weight excluding hydrogens is 356 g/mol. The molecule has 0 radical (unpaired) electrons. The SMILES string of the molecule is COc1cc(/C=N/NC(=O)Cc2ccc([N+](=O)[O-])cc2[N+](=O)[O-])ccc1C. The fourth-order valence-electron chi connectivity index (χ4n) is 2.29. The maximum absolute atomic E-state index is 12.0. The molecule has 0 heterocycles. The highest BCUT2D eigenvalue weighted by molar-refractivity contribution is 5.84. The predicted octanol–water partition coefficient (Wildman–Crippen LogP) is 2.51. The minimum atomic E-state index is -0.766. The van der Waals surface area contributed by atoms with Gasteiger partial charge in [0.15, 0.2) is 0 Å². The van der Waals surface area contributed by atoms with Crippen molar-refractivity contribution in [2.75, 3.05) is 7.11 Å². The van der Waals surface area contributed by atoms with Gasteiger partial charge in [0.25, 0.3) is 11.4 Å². The Kier molecular flexibility index (Phi) is 6.15. The number of nitrogens with one attached hydrogen (secondary N) is 1. The van der Waals surface area contributed by atoms with Crippen molar-refractivity contribution in [1.29, 1.82) is 0 Å². The Balaban J connectivity index is 2.07. The van der Waals surface area contributed by atoms with Crippen LogP contribution < -0.4 is 10.2 Å². The van der Waals surface area contributed by atoms with Crippen molar-refractivity contribution >= 4 is 23.5 Å². The summed E-state index contributed by atoms with van der Waals surface area (Å²) < 4.78 is 5.19. The zero-order valence-electron chi connectivity index (χ0n) is 14.5. The summed E-state index contributed by atoms with van der Waals surface area (Å²) in [6.45, 7) is 1.89. The van der Waals surface area contributed by atoms with Crippen molar-refractivity contribution in [3.8, 4) is 5.75 Å². The van der Waals surface area contributed by atoms with Gasteiger partial charge in [-0.2, -0.15) is 5.10 Å². The number of ether oxygens (including phenoxy) is 1. The number of non-ortho nitro benzene ring substituents is 1. The molecule has 1 N–H and O–H groups in total. The van der Waals surface area contributed by atoms with E-state index in [0.29, 0.717) is 11.3 Å². The Hall–Kier alpha value is -3.82. The van der Waals surface area contributed by atoms with Crippen LogP contribution in [0.3, 0.4) is 0 Å². The summed E-state index contributed by atoms with van der Waals surface area (Å²) in [5.41, 5.74) is 3.05. The summed E-state index contributed by atoms with van der Waals surface area (Å²) in [6, 6.07) is 8.48. The van der Waals surface area contributed by atoms with Crippen molar-refractivity contribution < 1.29 is 19.4 Å². The van der Waals surface area contributed by atoms with Gasteiger partial charge in [-0.1, -0.05) is 12.1 Å².